The molecule has 0 aliphatic carbocycles. The Morgan fingerprint density at radius 2 is 1.68 bits per heavy atom. The molecule has 192 valence electrons. The number of hydrogen-bond donors (Lipinski definition) is 0. The molecule has 0 spiro atoms. The topological polar surface area (TPSA) is 79.1 Å². The number of carbonyl (C=O) groups excluding carboxylic acids is 1. The molecule has 0 saturated carbocycles. The van der Waals surface area contributed by atoms with Gasteiger partial charge in [0.1, 0.15) is 18.2 Å². The third-order valence-corrected chi connectivity index (χ3v) is 5.73. The normalized spacial score (nSPS) is 12.3. The standard InChI is InChI=1S/C28H21F3N4O3/c1-18(24-15-10-20-4-2-3-5-25(20)33-24)37-26(36)16-19-6-8-21(9-7-19)27-32-17-35(34-27)22-11-13-23(14-12-22)38-28(29,30)31/h2-15,17-18H,16H2,1H3. The van der Waals surface area contributed by atoms with Gasteiger partial charge >= 0.3 is 12.3 Å². The molecule has 3 aromatic carbocycles. The smallest absolute Gasteiger partial charge is 0.456 e. The second-order valence-electron chi connectivity index (χ2n) is 8.49. The van der Waals surface area contributed by atoms with Crippen molar-refractivity contribution in [1.29, 1.82) is 0 Å². The zero-order chi connectivity index (χ0) is 26.7. The van der Waals surface area contributed by atoms with E-state index in [0.29, 0.717) is 22.8 Å². The predicted molar refractivity (Wildman–Crippen MR) is 133 cm³/mol. The van der Waals surface area contributed by atoms with Gasteiger partial charge in [-0.05, 0) is 48.9 Å². The van der Waals surface area contributed by atoms with E-state index in [4.69, 9.17) is 4.74 Å². The van der Waals surface area contributed by atoms with Crippen LogP contribution in [0.25, 0.3) is 28.0 Å². The number of ether oxygens (including phenoxy) is 2. The van der Waals surface area contributed by atoms with Crippen LogP contribution in [0.5, 0.6) is 5.75 Å². The highest BCUT2D eigenvalue weighted by Crippen LogP contribution is 2.24. The van der Waals surface area contributed by atoms with Crippen molar-refractivity contribution in [3.8, 4) is 22.8 Å². The predicted octanol–water partition coefficient (Wildman–Crippen LogP) is 6.23. The molecule has 5 aromatic rings. The van der Waals surface area contributed by atoms with E-state index >= 15 is 0 Å². The van der Waals surface area contributed by atoms with Crippen molar-refractivity contribution >= 4 is 16.9 Å². The van der Waals surface area contributed by atoms with E-state index in [1.165, 1.54) is 35.3 Å². The van der Waals surface area contributed by atoms with Crippen LogP contribution in [-0.4, -0.2) is 32.1 Å². The van der Waals surface area contributed by atoms with Crippen LogP contribution in [0.4, 0.5) is 13.2 Å². The van der Waals surface area contributed by atoms with Gasteiger partial charge in [0.2, 0.25) is 0 Å². The first-order valence-corrected chi connectivity index (χ1v) is 11.7. The maximum atomic E-state index is 12.5. The molecule has 0 aliphatic rings. The fraction of sp³-hybridized carbons (Fsp3) is 0.143. The lowest BCUT2D eigenvalue weighted by atomic mass is 10.1. The van der Waals surface area contributed by atoms with E-state index in [-0.39, 0.29) is 18.1 Å². The summed E-state index contributed by atoms with van der Waals surface area (Å²) in [6.45, 7) is 1.79. The summed E-state index contributed by atoms with van der Waals surface area (Å²) in [6, 6.07) is 24.0. The van der Waals surface area contributed by atoms with Crippen LogP contribution in [-0.2, 0) is 16.0 Å². The molecule has 0 fully saturated rings. The Bertz CT molecular complexity index is 1570. The molecular weight excluding hydrogens is 497 g/mol. The number of esters is 1. The molecule has 10 heteroatoms. The largest absolute Gasteiger partial charge is 0.573 e. The van der Waals surface area contributed by atoms with Crippen molar-refractivity contribution in [2.45, 2.75) is 25.8 Å². The molecule has 5 rings (SSSR count). The number of alkyl halides is 3. The van der Waals surface area contributed by atoms with Gasteiger partial charge in [-0.1, -0.05) is 48.5 Å². The van der Waals surface area contributed by atoms with Crippen LogP contribution in [0.15, 0.2) is 91.3 Å². The van der Waals surface area contributed by atoms with Gasteiger partial charge < -0.3 is 9.47 Å². The number of rotatable bonds is 7. The summed E-state index contributed by atoms with van der Waals surface area (Å²) in [4.78, 5) is 21.4. The summed E-state index contributed by atoms with van der Waals surface area (Å²) in [7, 11) is 0. The molecule has 0 N–H and O–H groups in total. The molecule has 2 aromatic heterocycles. The average Bonchev–Trinajstić information content (AvgIpc) is 3.38. The van der Waals surface area contributed by atoms with Crippen molar-refractivity contribution in [3.05, 3.63) is 103 Å². The molecule has 0 saturated heterocycles. The Balaban J connectivity index is 1.20. The summed E-state index contributed by atoms with van der Waals surface area (Å²) in [5, 5.41) is 5.40. The highest BCUT2D eigenvalue weighted by molar-refractivity contribution is 5.78. The minimum absolute atomic E-state index is 0.0897. The second kappa shape index (κ2) is 10.3. The number of nitrogens with zero attached hydrogens (tertiary/aromatic N) is 4. The monoisotopic (exact) mass is 518 g/mol. The number of aromatic nitrogens is 4. The zero-order valence-corrected chi connectivity index (χ0v) is 20.1. The first-order chi connectivity index (χ1) is 18.2. The van der Waals surface area contributed by atoms with E-state index in [1.807, 2.05) is 36.4 Å². The van der Waals surface area contributed by atoms with Gasteiger partial charge in [0.25, 0.3) is 0 Å². The highest BCUT2D eigenvalue weighted by Gasteiger charge is 2.31. The van der Waals surface area contributed by atoms with E-state index in [0.717, 1.165) is 16.5 Å². The Morgan fingerprint density at radius 3 is 2.42 bits per heavy atom. The van der Waals surface area contributed by atoms with Gasteiger partial charge in [-0.25, -0.2) is 14.6 Å². The quantitative estimate of drug-likeness (QED) is 0.238. The molecule has 0 radical (unpaired) electrons. The summed E-state index contributed by atoms with van der Waals surface area (Å²) >= 11 is 0. The van der Waals surface area contributed by atoms with E-state index in [9.17, 15) is 18.0 Å². The molecule has 7 nitrogen and oxygen atoms in total. The number of hydrogen-bond acceptors (Lipinski definition) is 6. The molecular formula is C28H21F3N4O3. The zero-order valence-electron chi connectivity index (χ0n) is 20.1. The van der Waals surface area contributed by atoms with Crippen LogP contribution < -0.4 is 4.74 Å². The Labute approximate surface area is 215 Å². The number of benzene rings is 3. The van der Waals surface area contributed by atoms with Crippen molar-refractivity contribution in [2.75, 3.05) is 0 Å². The second-order valence-corrected chi connectivity index (χ2v) is 8.49. The van der Waals surface area contributed by atoms with E-state index in [1.54, 1.807) is 31.2 Å². The molecule has 2 heterocycles. The minimum atomic E-state index is -4.75. The Morgan fingerprint density at radius 1 is 0.947 bits per heavy atom. The van der Waals surface area contributed by atoms with Gasteiger partial charge in [-0.15, -0.1) is 18.3 Å². The van der Waals surface area contributed by atoms with Crippen LogP contribution >= 0.6 is 0 Å². The third kappa shape index (κ3) is 5.97. The lowest BCUT2D eigenvalue weighted by molar-refractivity contribution is -0.274. The van der Waals surface area contributed by atoms with Crippen LogP contribution in [0.2, 0.25) is 0 Å². The molecule has 1 unspecified atom stereocenters. The van der Waals surface area contributed by atoms with Gasteiger partial charge in [0.05, 0.1) is 23.3 Å². The number of halogens is 3. The number of para-hydroxylation sites is 1. The summed E-state index contributed by atoms with van der Waals surface area (Å²) in [5.41, 5.74) is 3.51. The number of carbonyl (C=O) groups is 1. The van der Waals surface area contributed by atoms with E-state index in [2.05, 4.69) is 19.8 Å². The Hall–Kier alpha value is -4.73. The van der Waals surface area contributed by atoms with Gasteiger partial charge in [0.15, 0.2) is 5.82 Å². The third-order valence-electron chi connectivity index (χ3n) is 5.73. The Kier molecular flexibility index (Phi) is 6.78. The maximum absolute atomic E-state index is 12.5. The first kappa shape index (κ1) is 24.9. The van der Waals surface area contributed by atoms with Crippen LogP contribution in [0.3, 0.4) is 0 Å². The van der Waals surface area contributed by atoms with Crippen LogP contribution in [0, 0.1) is 0 Å². The van der Waals surface area contributed by atoms with Crippen molar-refractivity contribution < 1.29 is 27.4 Å². The molecule has 1 atom stereocenters. The lowest BCUT2D eigenvalue weighted by Gasteiger charge is -2.13. The van der Waals surface area contributed by atoms with Gasteiger partial charge in [0, 0.05) is 10.9 Å². The highest BCUT2D eigenvalue weighted by atomic mass is 19.4. The average molecular weight is 518 g/mol. The molecule has 0 aliphatic heterocycles. The van der Waals surface area contributed by atoms with Crippen LogP contribution in [0.1, 0.15) is 24.3 Å². The molecule has 38 heavy (non-hydrogen) atoms. The lowest BCUT2D eigenvalue weighted by Crippen LogP contribution is -2.17. The van der Waals surface area contributed by atoms with Crippen molar-refractivity contribution in [3.63, 3.8) is 0 Å². The summed E-state index contributed by atoms with van der Waals surface area (Å²) in [5.74, 6) is -0.273. The van der Waals surface area contributed by atoms with Crippen molar-refractivity contribution in [2.24, 2.45) is 0 Å². The fourth-order valence-corrected chi connectivity index (χ4v) is 3.87. The molecule has 0 amide bonds. The number of pyridine rings is 1. The summed E-state index contributed by atoms with van der Waals surface area (Å²) in [6.07, 6.45) is -3.69. The first-order valence-electron chi connectivity index (χ1n) is 11.7. The van der Waals surface area contributed by atoms with E-state index < -0.39 is 12.5 Å². The SMILES string of the molecule is CC(OC(=O)Cc1ccc(-c2ncn(-c3ccc(OC(F)(F)F)cc3)n2)cc1)c1ccc2ccccc2n1. The molecule has 0 bridgehead atoms. The van der Waals surface area contributed by atoms with Gasteiger partial charge in [-0.3, -0.25) is 4.79 Å². The van der Waals surface area contributed by atoms with Gasteiger partial charge in [-0.2, -0.15) is 0 Å². The fourth-order valence-electron chi connectivity index (χ4n) is 3.87. The van der Waals surface area contributed by atoms with Crippen molar-refractivity contribution in [1.82, 2.24) is 19.7 Å². The minimum Gasteiger partial charge on any atom is -0.456 e. The summed E-state index contributed by atoms with van der Waals surface area (Å²) < 4.78 is 48.0. The number of fused-ring (bicyclic) bond motifs is 1. The maximum Gasteiger partial charge on any atom is 0.573 e.